The summed E-state index contributed by atoms with van der Waals surface area (Å²) in [6.45, 7) is 2.40. The molecule has 3 atom stereocenters. The van der Waals surface area contributed by atoms with Gasteiger partial charge in [0.1, 0.15) is 18.1 Å². The highest BCUT2D eigenvalue weighted by atomic mass is 16.5. The summed E-state index contributed by atoms with van der Waals surface area (Å²) in [4.78, 5) is 82.4. The Balaban J connectivity index is 1.40. The quantitative estimate of drug-likeness (QED) is 0.283. The van der Waals surface area contributed by atoms with Crippen LogP contribution in [-0.2, 0) is 43.4 Å². The molecule has 3 aromatic rings. The minimum atomic E-state index is -1.08. The average Bonchev–Trinajstić information content (AvgIpc) is 3.75. The highest BCUT2D eigenvalue weighted by Gasteiger charge is 2.30. The second-order valence-electron chi connectivity index (χ2n) is 12.2. The van der Waals surface area contributed by atoms with Crippen LogP contribution in [0.15, 0.2) is 71.3 Å². The molecule has 2 aromatic carbocycles. The lowest BCUT2D eigenvalue weighted by Gasteiger charge is -2.26. The van der Waals surface area contributed by atoms with Gasteiger partial charge < -0.3 is 35.6 Å². The third kappa shape index (κ3) is 9.75. The van der Waals surface area contributed by atoms with Gasteiger partial charge in [0.05, 0.1) is 6.54 Å². The molecule has 6 amide bonds. The van der Waals surface area contributed by atoms with Gasteiger partial charge in [0.2, 0.25) is 29.5 Å². The third-order valence-electron chi connectivity index (χ3n) is 8.51. The fourth-order valence-electron chi connectivity index (χ4n) is 5.76. The predicted octanol–water partition coefficient (Wildman–Crippen LogP) is 0.719. The van der Waals surface area contributed by atoms with Crippen molar-refractivity contribution in [2.45, 2.75) is 63.7 Å². The fraction of sp³-hybridized carbons (Fsp3) is 0.400. The Kier molecular flexibility index (Phi) is 11.7. The second-order valence-corrected chi connectivity index (χ2v) is 12.2. The van der Waals surface area contributed by atoms with Crippen LogP contribution in [-0.4, -0.2) is 94.7 Å². The second kappa shape index (κ2) is 16.5. The molecule has 2 bridgehead atoms. The van der Waals surface area contributed by atoms with Gasteiger partial charge in [0, 0.05) is 57.9 Å². The molecule has 5 rings (SSSR count). The molecule has 258 valence electrons. The number of nitrogens with zero attached hydrogens (tertiary/aromatic N) is 3. The van der Waals surface area contributed by atoms with E-state index >= 15 is 0 Å². The SMILES string of the molecule is C[C@@H]1NC(=O)c2cc(on2)CN(C(=O)CCN2CCCC2=O)CCNC(=O)[C@@H](Cc2ccccc2)NC(=O)[C@H](Cc2ccccc2)NC1=O. The smallest absolute Gasteiger partial charge is 0.274 e. The summed E-state index contributed by atoms with van der Waals surface area (Å²) < 4.78 is 5.38. The maximum absolute atomic E-state index is 13.8. The summed E-state index contributed by atoms with van der Waals surface area (Å²) >= 11 is 0. The lowest BCUT2D eigenvalue weighted by Crippen LogP contribution is -2.57. The van der Waals surface area contributed by atoms with E-state index < -0.39 is 41.8 Å². The molecule has 1 fully saturated rings. The van der Waals surface area contributed by atoms with Crippen molar-refractivity contribution in [3.63, 3.8) is 0 Å². The molecule has 0 saturated carbocycles. The zero-order valence-corrected chi connectivity index (χ0v) is 27.4. The number of rotatable bonds is 7. The van der Waals surface area contributed by atoms with Crippen LogP contribution in [0.2, 0.25) is 0 Å². The molecule has 4 N–H and O–H groups in total. The van der Waals surface area contributed by atoms with Crippen LogP contribution >= 0.6 is 0 Å². The van der Waals surface area contributed by atoms with E-state index in [0.717, 1.165) is 17.5 Å². The molecule has 14 nitrogen and oxygen atoms in total. The normalized spacial score (nSPS) is 21.2. The molecule has 1 saturated heterocycles. The van der Waals surface area contributed by atoms with Crippen LogP contribution in [0.3, 0.4) is 0 Å². The van der Waals surface area contributed by atoms with E-state index in [4.69, 9.17) is 4.52 Å². The van der Waals surface area contributed by atoms with Gasteiger partial charge >= 0.3 is 0 Å². The number of benzene rings is 2. The predicted molar refractivity (Wildman–Crippen MR) is 176 cm³/mol. The van der Waals surface area contributed by atoms with E-state index in [-0.39, 0.29) is 68.7 Å². The largest absolute Gasteiger partial charge is 0.359 e. The van der Waals surface area contributed by atoms with Crippen LogP contribution < -0.4 is 21.3 Å². The maximum Gasteiger partial charge on any atom is 0.274 e. The van der Waals surface area contributed by atoms with Gasteiger partial charge in [0.25, 0.3) is 5.91 Å². The molecule has 2 aliphatic heterocycles. The van der Waals surface area contributed by atoms with Gasteiger partial charge in [-0.3, -0.25) is 28.8 Å². The first-order valence-corrected chi connectivity index (χ1v) is 16.4. The standard InChI is InChI=1S/C35H41N7O7/c1-23-32(45)38-28(20-25-11-6-3-7-12-25)34(47)39-27(19-24-9-4-2-5-10-24)33(46)36-15-18-42(22-26-21-29(40-49-26)35(48)37-23)31(44)14-17-41-16-8-13-30(41)43/h2-7,9-12,21,23,27-28H,8,13-20,22H2,1H3,(H,36,46)(H,37,48)(H,38,45)(H,39,47)/t23-,27+,28-/m0/s1. The van der Waals surface area contributed by atoms with Gasteiger partial charge in [-0.05, 0) is 24.5 Å². The zero-order chi connectivity index (χ0) is 34.8. The maximum atomic E-state index is 13.8. The Hall–Kier alpha value is -5.53. The molecule has 0 spiro atoms. The third-order valence-corrected chi connectivity index (χ3v) is 8.51. The first-order valence-electron chi connectivity index (χ1n) is 16.4. The van der Waals surface area contributed by atoms with Crippen molar-refractivity contribution in [3.8, 4) is 0 Å². The van der Waals surface area contributed by atoms with Crippen molar-refractivity contribution in [2.75, 3.05) is 26.2 Å². The molecule has 14 heteroatoms. The Labute approximate surface area is 283 Å². The number of fused-ring (bicyclic) bond motifs is 2. The molecule has 0 aliphatic carbocycles. The van der Waals surface area contributed by atoms with E-state index in [1.807, 2.05) is 60.7 Å². The first-order chi connectivity index (χ1) is 23.7. The Bertz CT molecular complexity index is 1650. The molecule has 3 heterocycles. The molecule has 49 heavy (non-hydrogen) atoms. The van der Waals surface area contributed by atoms with Gasteiger partial charge in [-0.2, -0.15) is 0 Å². The van der Waals surface area contributed by atoms with Crippen molar-refractivity contribution in [1.82, 2.24) is 36.2 Å². The lowest BCUT2D eigenvalue weighted by molar-refractivity contribution is -0.134. The summed E-state index contributed by atoms with van der Waals surface area (Å²) in [7, 11) is 0. The number of carbonyl (C=O) groups excluding carboxylic acids is 6. The topological polar surface area (TPSA) is 183 Å². The highest BCUT2D eigenvalue weighted by Crippen LogP contribution is 2.14. The van der Waals surface area contributed by atoms with Crippen LogP contribution in [0.5, 0.6) is 0 Å². The number of hydrogen-bond donors (Lipinski definition) is 4. The molecule has 1 aromatic heterocycles. The molecular weight excluding hydrogens is 630 g/mol. The highest BCUT2D eigenvalue weighted by molar-refractivity contribution is 5.97. The minimum absolute atomic E-state index is 0.00563. The number of amides is 6. The summed E-state index contributed by atoms with van der Waals surface area (Å²) in [6.07, 6.45) is 1.57. The van der Waals surface area contributed by atoms with Crippen molar-refractivity contribution in [2.24, 2.45) is 0 Å². The van der Waals surface area contributed by atoms with E-state index in [0.29, 0.717) is 13.0 Å². The van der Waals surface area contributed by atoms with Crippen LogP contribution in [0.1, 0.15) is 53.6 Å². The number of hydrogen-bond acceptors (Lipinski definition) is 8. The van der Waals surface area contributed by atoms with Gasteiger partial charge in [-0.1, -0.05) is 65.8 Å². The average molecular weight is 672 g/mol. The zero-order valence-electron chi connectivity index (χ0n) is 27.4. The molecule has 2 aliphatic rings. The van der Waals surface area contributed by atoms with Gasteiger partial charge in [-0.25, -0.2) is 0 Å². The number of nitrogens with one attached hydrogen (secondary N) is 4. The molecule has 0 radical (unpaired) electrons. The monoisotopic (exact) mass is 671 g/mol. The van der Waals surface area contributed by atoms with E-state index in [1.54, 1.807) is 4.90 Å². The van der Waals surface area contributed by atoms with Crippen molar-refractivity contribution in [1.29, 1.82) is 0 Å². The van der Waals surface area contributed by atoms with Crippen molar-refractivity contribution in [3.05, 3.63) is 89.3 Å². The minimum Gasteiger partial charge on any atom is -0.359 e. The van der Waals surface area contributed by atoms with Crippen LogP contribution in [0, 0.1) is 0 Å². The van der Waals surface area contributed by atoms with Gasteiger partial charge in [-0.15, -0.1) is 0 Å². The number of likely N-dealkylation sites (tertiary alicyclic amines) is 1. The van der Waals surface area contributed by atoms with Gasteiger partial charge in [0.15, 0.2) is 11.5 Å². The van der Waals surface area contributed by atoms with E-state index in [2.05, 4.69) is 26.4 Å². The van der Waals surface area contributed by atoms with Crippen LogP contribution in [0.25, 0.3) is 0 Å². The molecular formula is C35H41N7O7. The Morgan fingerprint density at radius 2 is 1.47 bits per heavy atom. The Morgan fingerprint density at radius 3 is 2.10 bits per heavy atom. The first kappa shape index (κ1) is 34.8. The fourth-order valence-corrected chi connectivity index (χ4v) is 5.76. The summed E-state index contributed by atoms with van der Waals surface area (Å²) in [6, 6.07) is 16.5. The van der Waals surface area contributed by atoms with E-state index in [9.17, 15) is 28.8 Å². The molecule has 0 unspecified atom stereocenters. The summed E-state index contributed by atoms with van der Waals surface area (Å²) in [5, 5.41) is 14.8. The number of aromatic nitrogens is 1. The van der Waals surface area contributed by atoms with Crippen molar-refractivity contribution < 1.29 is 33.3 Å². The van der Waals surface area contributed by atoms with Crippen molar-refractivity contribution >= 4 is 35.4 Å². The van der Waals surface area contributed by atoms with E-state index in [1.165, 1.54) is 17.9 Å². The summed E-state index contributed by atoms with van der Waals surface area (Å²) in [5.74, 6) is -2.41. The lowest BCUT2D eigenvalue weighted by atomic mass is 10.0. The summed E-state index contributed by atoms with van der Waals surface area (Å²) in [5.41, 5.74) is 1.49. The Morgan fingerprint density at radius 1 is 0.837 bits per heavy atom. The number of carbonyl (C=O) groups is 6. The van der Waals surface area contributed by atoms with Crippen LogP contribution in [0.4, 0.5) is 0 Å².